The van der Waals surface area contributed by atoms with E-state index in [1.165, 1.54) is 0 Å². The maximum absolute atomic E-state index is 5.47. The average Bonchev–Trinajstić information content (AvgIpc) is 3.49. The van der Waals surface area contributed by atoms with Gasteiger partial charge in [0.15, 0.2) is 23.0 Å². The largest absolute Gasteiger partial charge is 0.493 e. The van der Waals surface area contributed by atoms with Gasteiger partial charge >= 0.3 is 0 Å². The topological polar surface area (TPSA) is 101 Å². The molecule has 10 heteroatoms. The van der Waals surface area contributed by atoms with Gasteiger partial charge in [0, 0.05) is 12.1 Å². The third-order valence-electron chi connectivity index (χ3n) is 5.62. The molecule has 1 aromatic carbocycles. The Labute approximate surface area is 198 Å². The number of nitrogens with one attached hydrogen (secondary N) is 1. The van der Waals surface area contributed by atoms with Gasteiger partial charge < -0.3 is 24.1 Å². The molecule has 0 spiro atoms. The maximum Gasteiger partial charge on any atom is 0.203 e. The average molecular weight is 464 g/mol. The lowest BCUT2D eigenvalue weighted by Gasteiger charge is -2.14. The van der Waals surface area contributed by atoms with E-state index in [0.29, 0.717) is 34.7 Å². The van der Waals surface area contributed by atoms with Crippen molar-refractivity contribution in [3.8, 4) is 22.9 Å². The third kappa shape index (κ3) is 4.14. The molecule has 178 valence electrons. The summed E-state index contributed by atoms with van der Waals surface area (Å²) in [5.41, 5.74) is 2.33. The first-order valence-corrected chi connectivity index (χ1v) is 10.9. The van der Waals surface area contributed by atoms with Gasteiger partial charge in [-0.2, -0.15) is 5.10 Å². The molecule has 0 saturated heterocycles. The van der Waals surface area contributed by atoms with E-state index in [1.54, 1.807) is 33.9 Å². The molecule has 0 aliphatic carbocycles. The molecule has 0 bridgehead atoms. The monoisotopic (exact) mass is 463 g/mol. The van der Waals surface area contributed by atoms with Crippen LogP contribution in [-0.2, 0) is 0 Å². The number of nitrogens with zero attached hydrogens (tertiary/aromatic N) is 6. The molecule has 0 fully saturated rings. The first-order chi connectivity index (χ1) is 16.4. The summed E-state index contributed by atoms with van der Waals surface area (Å²) >= 11 is 0. The van der Waals surface area contributed by atoms with Crippen LogP contribution in [0.3, 0.4) is 0 Å². The van der Waals surface area contributed by atoms with Crippen LogP contribution in [0.5, 0.6) is 17.2 Å². The molecule has 0 radical (unpaired) electrons. The molecule has 4 aromatic rings. The van der Waals surface area contributed by atoms with Gasteiger partial charge in [0.25, 0.3) is 0 Å². The van der Waals surface area contributed by atoms with Gasteiger partial charge in [-0.15, -0.1) is 0 Å². The summed E-state index contributed by atoms with van der Waals surface area (Å²) in [5.74, 6) is 3.43. The van der Waals surface area contributed by atoms with Gasteiger partial charge in [0.2, 0.25) is 5.75 Å². The lowest BCUT2D eigenvalue weighted by atomic mass is 10.2. The van der Waals surface area contributed by atoms with Crippen LogP contribution in [0.15, 0.2) is 37.4 Å². The number of imidazole rings is 1. The van der Waals surface area contributed by atoms with E-state index >= 15 is 0 Å². The molecule has 0 amide bonds. The molecule has 0 unspecified atom stereocenters. The molecule has 10 nitrogen and oxygen atoms in total. The number of benzene rings is 1. The molecular weight excluding hydrogens is 434 g/mol. The first kappa shape index (κ1) is 23.1. The molecule has 4 rings (SSSR count). The predicted octanol–water partition coefficient (Wildman–Crippen LogP) is 4.79. The minimum absolute atomic E-state index is 0.206. The van der Waals surface area contributed by atoms with Gasteiger partial charge in [-0.1, -0.05) is 13.5 Å². The number of anilines is 2. The van der Waals surface area contributed by atoms with E-state index in [1.807, 2.05) is 34.5 Å². The maximum atomic E-state index is 5.47. The molecular formula is C24H29N7O3. The van der Waals surface area contributed by atoms with Gasteiger partial charge in [-0.05, 0) is 25.8 Å². The van der Waals surface area contributed by atoms with Crippen molar-refractivity contribution in [3.63, 3.8) is 0 Å². The second-order valence-electron chi connectivity index (χ2n) is 7.93. The van der Waals surface area contributed by atoms with Crippen molar-refractivity contribution in [1.82, 2.24) is 29.3 Å². The first-order valence-electron chi connectivity index (χ1n) is 10.9. The molecule has 1 atom stereocenters. The smallest absolute Gasteiger partial charge is 0.203 e. The molecule has 0 saturated carbocycles. The molecule has 34 heavy (non-hydrogen) atoms. The zero-order valence-electron chi connectivity index (χ0n) is 20.3. The Hall–Kier alpha value is -4.08. The highest BCUT2D eigenvalue weighted by Gasteiger charge is 2.18. The summed E-state index contributed by atoms with van der Waals surface area (Å²) in [6, 6.07) is 3.91. The van der Waals surface area contributed by atoms with Gasteiger partial charge in [0.05, 0.1) is 50.8 Å². The van der Waals surface area contributed by atoms with Gasteiger partial charge in [-0.3, -0.25) is 0 Å². The van der Waals surface area contributed by atoms with E-state index in [-0.39, 0.29) is 6.04 Å². The van der Waals surface area contributed by atoms with Crippen molar-refractivity contribution in [2.24, 2.45) is 0 Å². The van der Waals surface area contributed by atoms with E-state index in [9.17, 15) is 0 Å². The Morgan fingerprint density at radius 1 is 1.12 bits per heavy atom. The number of methoxy groups -OCH3 is 3. The fourth-order valence-corrected chi connectivity index (χ4v) is 3.57. The van der Waals surface area contributed by atoms with Crippen LogP contribution in [0.4, 0.5) is 11.6 Å². The van der Waals surface area contributed by atoms with Crippen molar-refractivity contribution in [2.45, 2.75) is 33.2 Å². The number of fused-ring (bicyclic) bond motifs is 1. The molecule has 0 aliphatic rings. The number of aromatic nitrogens is 6. The molecule has 1 N–H and O–H groups in total. The summed E-state index contributed by atoms with van der Waals surface area (Å²) in [7, 11) is 4.74. The normalized spacial score (nSPS) is 11.9. The van der Waals surface area contributed by atoms with Gasteiger partial charge in [-0.25, -0.2) is 19.6 Å². The van der Waals surface area contributed by atoms with Crippen LogP contribution in [0.2, 0.25) is 0 Å². The van der Waals surface area contributed by atoms with Crippen LogP contribution in [0, 0.1) is 0 Å². The van der Waals surface area contributed by atoms with Crippen molar-refractivity contribution in [1.29, 1.82) is 0 Å². The molecule has 3 heterocycles. The van der Waals surface area contributed by atoms with E-state index < -0.39 is 0 Å². The second-order valence-corrected chi connectivity index (χ2v) is 7.93. The Morgan fingerprint density at radius 2 is 1.82 bits per heavy atom. The zero-order valence-corrected chi connectivity index (χ0v) is 20.3. The number of ether oxygens (including phenoxy) is 3. The number of allylic oxidation sites excluding steroid dienone is 1. The quantitative estimate of drug-likeness (QED) is 0.378. The minimum Gasteiger partial charge on any atom is -0.493 e. The third-order valence-corrected chi connectivity index (χ3v) is 5.62. The molecule has 0 aliphatic heterocycles. The van der Waals surface area contributed by atoms with Crippen molar-refractivity contribution in [3.05, 3.63) is 43.3 Å². The van der Waals surface area contributed by atoms with Crippen LogP contribution >= 0.6 is 0 Å². The zero-order chi connectivity index (χ0) is 24.4. The molecule has 3 aromatic heterocycles. The highest BCUT2D eigenvalue weighted by molar-refractivity contribution is 5.89. The van der Waals surface area contributed by atoms with Crippen molar-refractivity contribution in [2.75, 3.05) is 26.6 Å². The second kappa shape index (κ2) is 9.42. The van der Waals surface area contributed by atoms with E-state index in [2.05, 4.69) is 40.8 Å². The Kier molecular flexibility index (Phi) is 6.40. The number of rotatable bonds is 9. The Balaban J connectivity index is 1.73. The summed E-state index contributed by atoms with van der Waals surface area (Å²) in [6.45, 7) is 10.1. The highest BCUT2D eigenvalue weighted by Crippen LogP contribution is 2.39. The minimum atomic E-state index is 0.206. The Bertz CT molecular complexity index is 1320. The standard InChI is InChI=1S/C24H29N7O3/c1-8-15(4)31-24-17(11-26-31)23(28-22(29-24)14(2)3)27-20-12-30(13-25-20)16-9-18(32-5)21(34-7)19(10-16)33-6/h9-13,15H,2,8H2,1,3-7H3,(H,27,28,29)/t15-/m0/s1. The summed E-state index contributed by atoms with van der Waals surface area (Å²) in [5, 5.41) is 8.69. The van der Waals surface area contributed by atoms with E-state index in [4.69, 9.17) is 19.2 Å². The van der Waals surface area contributed by atoms with Crippen LogP contribution in [-0.4, -0.2) is 50.6 Å². The predicted molar refractivity (Wildman–Crippen MR) is 132 cm³/mol. The SMILES string of the molecule is C=C(C)c1nc(Nc2cn(-c3cc(OC)c(OC)c(OC)c3)cn2)c2cnn([C@@H](C)CC)c2n1. The lowest BCUT2D eigenvalue weighted by Crippen LogP contribution is -2.08. The number of hydrogen-bond acceptors (Lipinski definition) is 8. The Morgan fingerprint density at radius 3 is 2.41 bits per heavy atom. The van der Waals surface area contributed by atoms with Crippen molar-refractivity contribution < 1.29 is 14.2 Å². The summed E-state index contributed by atoms with van der Waals surface area (Å²) in [6.07, 6.45) is 6.27. The summed E-state index contributed by atoms with van der Waals surface area (Å²) in [4.78, 5) is 13.9. The fourth-order valence-electron chi connectivity index (χ4n) is 3.57. The van der Waals surface area contributed by atoms with Crippen LogP contribution in [0.1, 0.15) is 39.1 Å². The van der Waals surface area contributed by atoms with Crippen molar-refractivity contribution >= 4 is 28.2 Å². The van der Waals surface area contributed by atoms with Gasteiger partial charge in [0.1, 0.15) is 18.0 Å². The highest BCUT2D eigenvalue weighted by atomic mass is 16.5. The number of hydrogen-bond donors (Lipinski definition) is 1. The lowest BCUT2D eigenvalue weighted by molar-refractivity contribution is 0.324. The van der Waals surface area contributed by atoms with Crippen LogP contribution < -0.4 is 19.5 Å². The van der Waals surface area contributed by atoms with E-state index in [0.717, 1.165) is 28.7 Å². The summed E-state index contributed by atoms with van der Waals surface area (Å²) < 4.78 is 20.1. The fraction of sp³-hybridized carbons (Fsp3) is 0.333. The van der Waals surface area contributed by atoms with Crippen LogP contribution in [0.25, 0.3) is 22.3 Å².